The molecule has 26 heavy (non-hydrogen) atoms. The number of anilines is 1. The molecule has 0 unspecified atom stereocenters. The van der Waals surface area contributed by atoms with Crippen LogP contribution in [0.25, 0.3) is 17.0 Å². The first-order chi connectivity index (χ1) is 12.5. The van der Waals surface area contributed by atoms with Crippen LogP contribution in [0, 0.1) is 6.92 Å². The van der Waals surface area contributed by atoms with Gasteiger partial charge in [-0.2, -0.15) is 0 Å². The average molecular weight is 379 g/mol. The van der Waals surface area contributed by atoms with E-state index in [-0.39, 0.29) is 11.3 Å². The lowest BCUT2D eigenvalue weighted by Gasteiger charge is -2.14. The lowest BCUT2D eigenvalue weighted by atomic mass is 10.1. The van der Waals surface area contributed by atoms with Crippen LogP contribution in [0.1, 0.15) is 11.1 Å². The molecule has 2 aromatic carbocycles. The Morgan fingerprint density at radius 1 is 1.12 bits per heavy atom. The Hall–Kier alpha value is -2.70. The second kappa shape index (κ2) is 6.55. The minimum atomic E-state index is -0.238. The maximum atomic E-state index is 12.8. The number of hydrogen-bond donors (Lipinski definition) is 0. The summed E-state index contributed by atoms with van der Waals surface area (Å²) in [5.74, 6) is -0.238. The summed E-state index contributed by atoms with van der Waals surface area (Å²) in [6.45, 7) is 1.96. The smallest absolute Gasteiger partial charge is 0.270 e. The molecular formula is C20H13NO3S2. The van der Waals surface area contributed by atoms with Crippen molar-refractivity contribution >= 4 is 56.9 Å². The molecule has 6 heteroatoms. The van der Waals surface area contributed by atoms with Crippen molar-refractivity contribution in [3.8, 4) is 0 Å². The molecule has 128 valence electrons. The van der Waals surface area contributed by atoms with Crippen LogP contribution in [0.3, 0.4) is 0 Å². The van der Waals surface area contributed by atoms with E-state index in [1.165, 1.54) is 22.9 Å². The summed E-state index contributed by atoms with van der Waals surface area (Å²) in [6.07, 6.45) is 2.93. The van der Waals surface area contributed by atoms with Crippen LogP contribution in [0.15, 0.2) is 68.9 Å². The van der Waals surface area contributed by atoms with Gasteiger partial charge >= 0.3 is 0 Å². The van der Waals surface area contributed by atoms with E-state index in [2.05, 4.69) is 0 Å². The Labute approximate surface area is 159 Å². The van der Waals surface area contributed by atoms with Crippen molar-refractivity contribution in [2.45, 2.75) is 6.92 Å². The van der Waals surface area contributed by atoms with E-state index >= 15 is 0 Å². The fourth-order valence-electron chi connectivity index (χ4n) is 2.79. The van der Waals surface area contributed by atoms with E-state index in [0.29, 0.717) is 25.8 Å². The van der Waals surface area contributed by atoms with E-state index in [4.69, 9.17) is 16.6 Å². The Morgan fingerprint density at radius 2 is 1.92 bits per heavy atom. The summed E-state index contributed by atoms with van der Waals surface area (Å²) in [4.78, 5) is 27.3. The molecular weight excluding hydrogens is 366 g/mol. The molecule has 1 aliphatic rings. The van der Waals surface area contributed by atoms with E-state index in [1.807, 2.05) is 31.2 Å². The number of para-hydroxylation sites is 1. The fraction of sp³-hybridized carbons (Fsp3) is 0.0500. The number of fused-ring (bicyclic) bond motifs is 1. The number of nitrogens with zero attached hydrogens (tertiary/aromatic N) is 1. The largest absolute Gasteiger partial charge is 0.463 e. The normalized spacial score (nSPS) is 16.0. The SMILES string of the molecule is Cc1cccc(N2C(=O)/C(=C\c3coc4ccccc4c3=O)SC2=S)c1. The molecule has 0 radical (unpaired) electrons. The molecule has 1 aliphatic heterocycles. The predicted molar refractivity (Wildman–Crippen MR) is 109 cm³/mol. The van der Waals surface area contributed by atoms with Crippen LogP contribution in [-0.4, -0.2) is 10.2 Å². The van der Waals surface area contributed by atoms with E-state index < -0.39 is 0 Å². The van der Waals surface area contributed by atoms with Crippen molar-refractivity contribution in [3.63, 3.8) is 0 Å². The van der Waals surface area contributed by atoms with Gasteiger partial charge in [0.05, 0.1) is 21.5 Å². The van der Waals surface area contributed by atoms with Crippen LogP contribution >= 0.6 is 24.0 Å². The van der Waals surface area contributed by atoms with Crippen LogP contribution < -0.4 is 10.3 Å². The average Bonchev–Trinajstić information content (AvgIpc) is 2.91. The van der Waals surface area contributed by atoms with Gasteiger partial charge < -0.3 is 4.42 Å². The molecule has 3 aromatic rings. The Balaban J connectivity index is 1.75. The molecule has 0 N–H and O–H groups in total. The quantitative estimate of drug-likeness (QED) is 0.484. The number of thioether (sulfide) groups is 1. The van der Waals surface area contributed by atoms with Crippen LogP contribution in [0.2, 0.25) is 0 Å². The first-order valence-corrected chi connectivity index (χ1v) is 9.12. The highest BCUT2D eigenvalue weighted by Crippen LogP contribution is 2.36. The monoisotopic (exact) mass is 379 g/mol. The molecule has 0 atom stereocenters. The van der Waals surface area contributed by atoms with Crippen molar-refractivity contribution in [1.82, 2.24) is 0 Å². The van der Waals surface area contributed by atoms with Gasteiger partial charge in [0.25, 0.3) is 5.91 Å². The zero-order chi connectivity index (χ0) is 18.3. The lowest BCUT2D eigenvalue weighted by Crippen LogP contribution is -2.27. The molecule has 2 heterocycles. The number of thiocarbonyl (C=S) groups is 1. The second-order valence-corrected chi connectivity index (χ2v) is 7.55. The summed E-state index contributed by atoms with van der Waals surface area (Å²) < 4.78 is 5.95. The summed E-state index contributed by atoms with van der Waals surface area (Å²) in [5.41, 5.74) is 2.43. The van der Waals surface area contributed by atoms with E-state index in [9.17, 15) is 9.59 Å². The first-order valence-electron chi connectivity index (χ1n) is 7.90. The fourth-order valence-corrected chi connectivity index (χ4v) is 4.08. The summed E-state index contributed by atoms with van der Waals surface area (Å²) in [6, 6.07) is 14.6. The molecule has 4 nitrogen and oxygen atoms in total. The molecule has 1 aromatic heterocycles. The number of carbonyl (C=O) groups is 1. The van der Waals surface area contributed by atoms with Crippen molar-refractivity contribution < 1.29 is 9.21 Å². The van der Waals surface area contributed by atoms with Crippen molar-refractivity contribution in [1.29, 1.82) is 0 Å². The number of benzene rings is 2. The zero-order valence-electron chi connectivity index (χ0n) is 13.8. The Kier molecular flexibility index (Phi) is 4.22. The van der Waals surface area contributed by atoms with Gasteiger partial charge in [0.15, 0.2) is 9.75 Å². The molecule has 1 amide bonds. The number of amides is 1. The van der Waals surface area contributed by atoms with Gasteiger partial charge in [-0.1, -0.05) is 48.2 Å². The number of rotatable bonds is 2. The summed E-state index contributed by atoms with van der Waals surface area (Å²) in [5, 5.41) is 0.482. The highest BCUT2D eigenvalue weighted by atomic mass is 32.2. The molecule has 0 saturated carbocycles. The van der Waals surface area contributed by atoms with Crippen LogP contribution in [0.5, 0.6) is 0 Å². The van der Waals surface area contributed by atoms with Gasteiger partial charge in [0.1, 0.15) is 11.8 Å². The van der Waals surface area contributed by atoms with Crippen molar-refractivity contribution in [3.05, 3.63) is 81.0 Å². The van der Waals surface area contributed by atoms with Crippen molar-refractivity contribution in [2.75, 3.05) is 4.90 Å². The summed E-state index contributed by atoms with van der Waals surface area (Å²) in [7, 11) is 0. The van der Waals surface area contributed by atoms with Crippen LogP contribution in [-0.2, 0) is 4.79 Å². The number of hydrogen-bond acceptors (Lipinski definition) is 5. The minimum Gasteiger partial charge on any atom is -0.463 e. The van der Waals surface area contributed by atoms with Gasteiger partial charge in [0.2, 0.25) is 0 Å². The van der Waals surface area contributed by atoms with E-state index in [1.54, 1.807) is 30.3 Å². The number of aryl methyl sites for hydroxylation is 1. The van der Waals surface area contributed by atoms with E-state index in [0.717, 1.165) is 11.3 Å². The molecule has 0 spiro atoms. The molecule has 0 aliphatic carbocycles. The molecule has 4 rings (SSSR count). The maximum absolute atomic E-state index is 12.8. The second-order valence-electron chi connectivity index (χ2n) is 5.87. The zero-order valence-corrected chi connectivity index (χ0v) is 15.4. The molecule has 1 saturated heterocycles. The molecule has 0 bridgehead atoms. The minimum absolute atomic E-state index is 0.173. The third kappa shape index (κ3) is 2.87. The van der Waals surface area contributed by atoms with Gasteiger partial charge in [-0.25, -0.2) is 0 Å². The predicted octanol–water partition coefficient (Wildman–Crippen LogP) is 4.51. The molecule has 1 fully saturated rings. The Bertz CT molecular complexity index is 1150. The standard InChI is InChI=1S/C20H13NO3S2/c1-12-5-4-6-14(9-12)21-19(23)17(26-20(21)25)10-13-11-24-16-8-3-2-7-15(16)18(13)22/h2-11H,1H3/b17-10+. The number of carbonyl (C=O) groups excluding carboxylic acids is 1. The third-order valence-electron chi connectivity index (χ3n) is 4.05. The van der Waals surface area contributed by atoms with Crippen LogP contribution in [0.4, 0.5) is 5.69 Å². The highest BCUT2D eigenvalue weighted by Gasteiger charge is 2.33. The Morgan fingerprint density at radius 3 is 2.73 bits per heavy atom. The van der Waals surface area contributed by atoms with Crippen molar-refractivity contribution in [2.24, 2.45) is 0 Å². The van der Waals surface area contributed by atoms with Gasteiger partial charge in [0, 0.05) is 0 Å². The lowest BCUT2D eigenvalue weighted by molar-refractivity contribution is -0.113. The highest BCUT2D eigenvalue weighted by molar-refractivity contribution is 8.27. The third-order valence-corrected chi connectivity index (χ3v) is 5.35. The topological polar surface area (TPSA) is 50.5 Å². The van der Waals surface area contributed by atoms with Gasteiger partial charge in [-0.15, -0.1) is 0 Å². The maximum Gasteiger partial charge on any atom is 0.270 e. The first kappa shape index (κ1) is 16.8. The van der Waals surface area contributed by atoms with Gasteiger partial charge in [-0.05, 0) is 42.8 Å². The summed E-state index contributed by atoms with van der Waals surface area (Å²) >= 11 is 6.55. The van der Waals surface area contributed by atoms with Gasteiger partial charge in [-0.3, -0.25) is 14.5 Å².